The van der Waals surface area contributed by atoms with Gasteiger partial charge in [0.05, 0.1) is 0 Å². The zero-order chi connectivity index (χ0) is 14.4. The van der Waals surface area contributed by atoms with Gasteiger partial charge in [-0.15, -0.1) is 0 Å². The molecule has 0 spiro atoms. The molecular formula is C17H20FNO. The molecule has 0 heterocycles. The van der Waals surface area contributed by atoms with Crippen LogP contribution in [0.3, 0.4) is 0 Å². The fourth-order valence-electron chi connectivity index (χ4n) is 1.84. The number of rotatable bonds is 6. The standard InChI is InChI=1S/C17H20FNO/c1-13-7-9-16(10-8-13)20-12-14(2)19-11-15-5-3-4-6-17(15)18/h3-10,14,19H,11-12H2,1-2H3. The Hall–Kier alpha value is -1.87. The summed E-state index contributed by atoms with van der Waals surface area (Å²) >= 11 is 0. The SMILES string of the molecule is Cc1ccc(OCC(C)NCc2ccccc2F)cc1. The van der Waals surface area contributed by atoms with Crippen LogP contribution in [0.4, 0.5) is 4.39 Å². The van der Waals surface area contributed by atoms with Gasteiger partial charge in [0.1, 0.15) is 18.2 Å². The molecule has 0 aromatic heterocycles. The highest BCUT2D eigenvalue weighted by Gasteiger charge is 2.05. The summed E-state index contributed by atoms with van der Waals surface area (Å²) in [6.45, 7) is 5.13. The van der Waals surface area contributed by atoms with E-state index in [1.165, 1.54) is 11.6 Å². The zero-order valence-electron chi connectivity index (χ0n) is 11.9. The van der Waals surface area contributed by atoms with Crippen molar-refractivity contribution in [1.82, 2.24) is 5.32 Å². The Morgan fingerprint density at radius 2 is 1.80 bits per heavy atom. The minimum Gasteiger partial charge on any atom is -0.492 e. The number of halogens is 1. The van der Waals surface area contributed by atoms with Gasteiger partial charge >= 0.3 is 0 Å². The Balaban J connectivity index is 1.77. The quantitative estimate of drug-likeness (QED) is 0.866. The van der Waals surface area contributed by atoms with Crippen molar-refractivity contribution >= 4 is 0 Å². The normalized spacial score (nSPS) is 12.2. The second kappa shape index (κ2) is 7.06. The number of nitrogens with one attached hydrogen (secondary N) is 1. The molecule has 0 radical (unpaired) electrons. The van der Waals surface area contributed by atoms with Crippen LogP contribution in [0, 0.1) is 12.7 Å². The highest BCUT2D eigenvalue weighted by atomic mass is 19.1. The molecule has 20 heavy (non-hydrogen) atoms. The van der Waals surface area contributed by atoms with Crippen LogP contribution in [0.15, 0.2) is 48.5 Å². The van der Waals surface area contributed by atoms with E-state index < -0.39 is 0 Å². The zero-order valence-corrected chi connectivity index (χ0v) is 11.9. The van der Waals surface area contributed by atoms with Crippen LogP contribution >= 0.6 is 0 Å². The van der Waals surface area contributed by atoms with Gasteiger partial charge in [0.15, 0.2) is 0 Å². The second-order valence-electron chi connectivity index (χ2n) is 5.00. The summed E-state index contributed by atoms with van der Waals surface area (Å²) in [7, 11) is 0. The maximum atomic E-state index is 13.5. The summed E-state index contributed by atoms with van der Waals surface area (Å²) in [5.74, 6) is 0.682. The molecule has 1 atom stereocenters. The molecule has 0 aliphatic rings. The third-order valence-electron chi connectivity index (χ3n) is 3.12. The van der Waals surface area contributed by atoms with E-state index in [1.807, 2.05) is 44.2 Å². The Kier molecular flexibility index (Phi) is 5.13. The number of aryl methyl sites for hydroxylation is 1. The average molecular weight is 273 g/mol. The fourth-order valence-corrected chi connectivity index (χ4v) is 1.84. The molecule has 0 saturated heterocycles. The molecule has 2 aromatic rings. The molecule has 2 aromatic carbocycles. The first kappa shape index (κ1) is 14.5. The summed E-state index contributed by atoms with van der Waals surface area (Å²) in [6.07, 6.45) is 0. The molecule has 0 bridgehead atoms. The van der Waals surface area contributed by atoms with Crippen LogP contribution in [0.1, 0.15) is 18.1 Å². The van der Waals surface area contributed by atoms with E-state index in [0.717, 1.165) is 5.75 Å². The fraction of sp³-hybridized carbons (Fsp3) is 0.294. The number of hydrogen-bond acceptors (Lipinski definition) is 2. The first-order valence-corrected chi connectivity index (χ1v) is 6.81. The van der Waals surface area contributed by atoms with Gasteiger partial charge in [-0.3, -0.25) is 0 Å². The Labute approximate surface area is 119 Å². The summed E-state index contributed by atoms with van der Waals surface area (Å²) in [5, 5.41) is 3.26. The highest BCUT2D eigenvalue weighted by Crippen LogP contribution is 2.12. The van der Waals surface area contributed by atoms with Crippen molar-refractivity contribution in [1.29, 1.82) is 0 Å². The third-order valence-corrected chi connectivity index (χ3v) is 3.12. The maximum Gasteiger partial charge on any atom is 0.127 e. The van der Waals surface area contributed by atoms with Crippen molar-refractivity contribution in [2.24, 2.45) is 0 Å². The van der Waals surface area contributed by atoms with E-state index in [9.17, 15) is 4.39 Å². The van der Waals surface area contributed by atoms with Crippen LogP contribution in [0.2, 0.25) is 0 Å². The van der Waals surface area contributed by atoms with Crippen molar-refractivity contribution < 1.29 is 9.13 Å². The van der Waals surface area contributed by atoms with Gasteiger partial charge in [0, 0.05) is 18.2 Å². The number of hydrogen-bond donors (Lipinski definition) is 1. The van der Waals surface area contributed by atoms with Crippen LogP contribution in [0.5, 0.6) is 5.75 Å². The minimum absolute atomic E-state index is 0.149. The van der Waals surface area contributed by atoms with Gasteiger partial charge in [0.2, 0.25) is 0 Å². The lowest BCUT2D eigenvalue weighted by Crippen LogP contribution is -2.31. The molecule has 0 aliphatic carbocycles. The van der Waals surface area contributed by atoms with E-state index in [-0.39, 0.29) is 11.9 Å². The average Bonchev–Trinajstić information content (AvgIpc) is 2.46. The van der Waals surface area contributed by atoms with E-state index in [2.05, 4.69) is 5.32 Å². The molecule has 1 unspecified atom stereocenters. The van der Waals surface area contributed by atoms with Gasteiger partial charge < -0.3 is 10.1 Å². The molecule has 0 amide bonds. The number of benzene rings is 2. The van der Waals surface area contributed by atoms with Crippen LogP contribution in [-0.2, 0) is 6.54 Å². The Morgan fingerprint density at radius 1 is 1.10 bits per heavy atom. The molecular weight excluding hydrogens is 253 g/mol. The lowest BCUT2D eigenvalue weighted by Gasteiger charge is -2.15. The highest BCUT2D eigenvalue weighted by molar-refractivity contribution is 5.26. The van der Waals surface area contributed by atoms with Crippen molar-refractivity contribution in [3.05, 3.63) is 65.5 Å². The lowest BCUT2D eigenvalue weighted by atomic mass is 10.2. The minimum atomic E-state index is -0.174. The van der Waals surface area contributed by atoms with E-state index in [0.29, 0.717) is 18.7 Å². The monoisotopic (exact) mass is 273 g/mol. The smallest absolute Gasteiger partial charge is 0.127 e. The van der Waals surface area contributed by atoms with Crippen molar-refractivity contribution in [2.75, 3.05) is 6.61 Å². The van der Waals surface area contributed by atoms with Crippen molar-refractivity contribution in [2.45, 2.75) is 26.4 Å². The van der Waals surface area contributed by atoms with Crippen LogP contribution in [-0.4, -0.2) is 12.6 Å². The Morgan fingerprint density at radius 3 is 2.50 bits per heavy atom. The van der Waals surface area contributed by atoms with Gasteiger partial charge in [-0.1, -0.05) is 35.9 Å². The van der Waals surface area contributed by atoms with Crippen molar-refractivity contribution in [3.8, 4) is 5.75 Å². The third kappa shape index (κ3) is 4.35. The Bertz CT molecular complexity index is 539. The second-order valence-corrected chi connectivity index (χ2v) is 5.00. The van der Waals surface area contributed by atoms with Crippen LogP contribution in [0.25, 0.3) is 0 Å². The van der Waals surface area contributed by atoms with Gasteiger partial charge in [-0.05, 0) is 32.0 Å². The summed E-state index contributed by atoms with van der Waals surface area (Å²) < 4.78 is 19.1. The van der Waals surface area contributed by atoms with Crippen LogP contribution < -0.4 is 10.1 Å². The first-order chi connectivity index (χ1) is 9.65. The van der Waals surface area contributed by atoms with E-state index in [1.54, 1.807) is 12.1 Å². The summed E-state index contributed by atoms with van der Waals surface area (Å²) in [4.78, 5) is 0. The maximum absolute atomic E-state index is 13.5. The topological polar surface area (TPSA) is 21.3 Å². The molecule has 1 N–H and O–H groups in total. The summed E-state index contributed by atoms with van der Waals surface area (Å²) in [6, 6.07) is 14.9. The molecule has 0 saturated carbocycles. The van der Waals surface area contributed by atoms with Crippen molar-refractivity contribution in [3.63, 3.8) is 0 Å². The molecule has 2 rings (SSSR count). The predicted octanol–water partition coefficient (Wildman–Crippen LogP) is 3.69. The van der Waals surface area contributed by atoms with Gasteiger partial charge in [-0.25, -0.2) is 4.39 Å². The molecule has 2 nitrogen and oxygen atoms in total. The molecule has 3 heteroatoms. The van der Waals surface area contributed by atoms with E-state index >= 15 is 0 Å². The largest absolute Gasteiger partial charge is 0.492 e. The molecule has 0 aliphatic heterocycles. The number of ether oxygens (including phenoxy) is 1. The first-order valence-electron chi connectivity index (χ1n) is 6.81. The van der Waals surface area contributed by atoms with E-state index in [4.69, 9.17) is 4.74 Å². The predicted molar refractivity (Wildman–Crippen MR) is 79.4 cm³/mol. The lowest BCUT2D eigenvalue weighted by molar-refractivity contribution is 0.272. The molecule has 0 fully saturated rings. The van der Waals surface area contributed by atoms with Gasteiger partial charge in [0.25, 0.3) is 0 Å². The van der Waals surface area contributed by atoms with Gasteiger partial charge in [-0.2, -0.15) is 0 Å². The summed E-state index contributed by atoms with van der Waals surface area (Å²) in [5.41, 5.74) is 1.89. The molecule has 106 valence electrons.